The highest BCUT2D eigenvalue weighted by Gasteiger charge is 2.39. The molecule has 2 bridgehead atoms. The molecule has 0 N–H and O–H groups in total. The number of benzene rings is 1. The Hall–Kier alpha value is -1.29. The summed E-state index contributed by atoms with van der Waals surface area (Å²) in [6, 6.07) is 6.40. The van der Waals surface area contributed by atoms with Crippen LogP contribution in [0.4, 0.5) is 10.1 Å². The monoisotopic (exact) mass is 251 g/mol. The van der Waals surface area contributed by atoms with Crippen LogP contribution in [-0.4, -0.2) is 26.0 Å². The molecule has 0 aliphatic carbocycles. The largest absolute Gasteiger partial charge is 0.464 e. The first kappa shape index (κ1) is 11.8. The summed E-state index contributed by atoms with van der Waals surface area (Å²) in [6.07, 6.45) is 5.04. The topological polar surface area (TPSA) is 21.7 Å². The molecule has 0 aromatic heterocycles. The van der Waals surface area contributed by atoms with Gasteiger partial charge in [0.25, 0.3) is 0 Å². The number of nitrogens with zero attached hydrogens (tertiary/aromatic N) is 1. The molecule has 2 saturated heterocycles. The van der Waals surface area contributed by atoms with Gasteiger partial charge in [-0.05, 0) is 37.8 Å². The Labute approximate surface area is 106 Å². The van der Waals surface area contributed by atoms with Crippen molar-refractivity contribution in [3.63, 3.8) is 0 Å². The lowest BCUT2D eigenvalue weighted by Crippen LogP contribution is -2.27. The van der Waals surface area contributed by atoms with E-state index in [2.05, 4.69) is 4.90 Å². The summed E-state index contributed by atoms with van der Waals surface area (Å²) in [6.45, 7) is 0.0766. The SMILES string of the molecule is COCOc1cc(N2C3CCC2CC3)ccc1F. The molecular weight excluding hydrogens is 233 g/mol. The third-order valence-corrected chi connectivity index (χ3v) is 4.00. The Morgan fingerprint density at radius 3 is 2.50 bits per heavy atom. The molecule has 18 heavy (non-hydrogen) atoms. The zero-order valence-corrected chi connectivity index (χ0v) is 10.6. The molecule has 0 radical (unpaired) electrons. The first-order chi connectivity index (χ1) is 8.79. The van der Waals surface area contributed by atoms with Crippen molar-refractivity contribution in [2.24, 2.45) is 0 Å². The number of anilines is 1. The summed E-state index contributed by atoms with van der Waals surface area (Å²) in [5.74, 6) is -0.0528. The zero-order chi connectivity index (χ0) is 12.5. The highest BCUT2D eigenvalue weighted by molar-refractivity contribution is 5.54. The van der Waals surface area contributed by atoms with E-state index in [-0.39, 0.29) is 18.4 Å². The fourth-order valence-electron chi connectivity index (χ4n) is 3.22. The van der Waals surface area contributed by atoms with Crippen molar-refractivity contribution in [2.75, 3.05) is 18.8 Å². The summed E-state index contributed by atoms with van der Waals surface area (Å²) < 4.78 is 23.7. The van der Waals surface area contributed by atoms with Crippen molar-refractivity contribution >= 4 is 5.69 Å². The van der Waals surface area contributed by atoms with E-state index in [1.54, 1.807) is 6.07 Å². The van der Waals surface area contributed by atoms with Gasteiger partial charge >= 0.3 is 0 Å². The van der Waals surface area contributed by atoms with Crippen LogP contribution in [0.25, 0.3) is 0 Å². The number of rotatable bonds is 4. The molecule has 0 unspecified atom stereocenters. The van der Waals surface area contributed by atoms with Crippen molar-refractivity contribution in [2.45, 2.75) is 37.8 Å². The van der Waals surface area contributed by atoms with Crippen LogP contribution in [0.5, 0.6) is 5.75 Å². The van der Waals surface area contributed by atoms with E-state index in [1.165, 1.54) is 38.9 Å². The molecule has 0 amide bonds. The van der Waals surface area contributed by atoms with Crippen molar-refractivity contribution in [3.05, 3.63) is 24.0 Å². The summed E-state index contributed by atoms with van der Waals surface area (Å²) in [7, 11) is 1.53. The van der Waals surface area contributed by atoms with Crippen LogP contribution in [0, 0.1) is 5.82 Å². The molecule has 2 heterocycles. The lowest BCUT2D eigenvalue weighted by atomic mass is 10.0. The highest BCUT2D eigenvalue weighted by atomic mass is 19.1. The predicted octanol–water partition coefficient (Wildman–Crippen LogP) is 2.94. The van der Waals surface area contributed by atoms with E-state index in [0.717, 1.165) is 5.69 Å². The second-order valence-corrected chi connectivity index (χ2v) is 5.04. The van der Waals surface area contributed by atoms with E-state index >= 15 is 0 Å². The molecule has 98 valence electrons. The summed E-state index contributed by atoms with van der Waals surface area (Å²) in [5.41, 5.74) is 1.08. The van der Waals surface area contributed by atoms with Gasteiger partial charge in [-0.3, -0.25) is 0 Å². The van der Waals surface area contributed by atoms with Gasteiger partial charge in [0.2, 0.25) is 0 Å². The minimum Gasteiger partial charge on any atom is -0.464 e. The molecule has 2 aliphatic rings. The average Bonchev–Trinajstić information content (AvgIpc) is 2.98. The normalized spacial score (nSPS) is 25.8. The number of halogens is 1. The third kappa shape index (κ3) is 1.94. The molecule has 0 spiro atoms. The van der Waals surface area contributed by atoms with Gasteiger partial charge in [0.1, 0.15) is 0 Å². The van der Waals surface area contributed by atoms with Gasteiger partial charge in [-0.15, -0.1) is 0 Å². The van der Waals surface area contributed by atoms with Gasteiger partial charge in [-0.1, -0.05) is 0 Å². The van der Waals surface area contributed by atoms with Crippen LogP contribution >= 0.6 is 0 Å². The zero-order valence-electron chi connectivity index (χ0n) is 10.6. The van der Waals surface area contributed by atoms with Crippen molar-refractivity contribution in [1.82, 2.24) is 0 Å². The van der Waals surface area contributed by atoms with Crippen molar-refractivity contribution < 1.29 is 13.9 Å². The molecule has 4 heteroatoms. The van der Waals surface area contributed by atoms with Crippen molar-refractivity contribution in [3.8, 4) is 5.75 Å². The van der Waals surface area contributed by atoms with Crippen LogP contribution in [0.15, 0.2) is 18.2 Å². The lowest BCUT2D eigenvalue weighted by molar-refractivity contribution is 0.0483. The van der Waals surface area contributed by atoms with E-state index in [4.69, 9.17) is 9.47 Å². The van der Waals surface area contributed by atoms with Crippen LogP contribution in [-0.2, 0) is 4.74 Å². The molecule has 1 aromatic carbocycles. The van der Waals surface area contributed by atoms with Gasteiger partial charge < -0.3 is 14.4 Å². The van der Waals surface area contributed by atoms with E-state index in [9.17, 15) is 4.39 Å². The summed E-state index contributed by atoms with van der Waals surface area (Å²) >= 11 is 0. The molecule has 2 fully saturated rings. The van der Waals surface area contributed by atoms with Gasteiger partial charge in [-0.25, -0.2) is 4.39 Å². The maximum Gasteiger partial charge on any atom is 0.188 e. The van der Waals surface area contributed by atoms with Crippen LogP contribution < -0.4 is 9.64 Å². The van der Waals surface area contributed by atoms with Crippen LogP contribution in [0.3, 0.4) is 0 Å². The number of ether oxygens (including phenoxy) is 2. The second-order valence-electron chi connectivity index (χ2n) is 5.04. The molecule has 3 nitrogen and oxygen atoms in total. The van der Waals surface area contributed by atoms with Gasteiger partial charge in [0.15, 0.2) is 18.4 Å². The lowest BCUT2D eigenvalue weighted by Gasteiger charge is -2.25. The summed E-state index contributed by atoms with van der Waals surface area (Å²) in [5, 5.41) is 0. The minimum absolute atomic E-state index is 0.0766. The molecular formula is C14H18FNO2. The van der Waals surface area contributed by atoms with Crippen molar-refractivity contribution in [1.29, 1.82) is 0 Å². The highest BCUT2D eigenvalue weighted by Crippen LogP contribution is 2.41. The van der Waals surface area contributed by atoms with Gasteiger partial charge in [0.05, 0.1) is 0 Å². The number of hydrogen-bond acceptors (Lipinski definition) is 3. The maximum atomic E-state index is 13.6. The van der Waals surface area contributed by atoms with Crippen LogP contribution in [0.1, 0.15) is 25.7 Å². The Bertz CT molecular complexity index is 418. The third-order valence-electron chi connectivity index (χ3n) is 4.00. The molecule has 2 aliphatic heterocycles. The Morgan fingerprint density at radius 1 is 1.22 bits per heavy atom. The van der Waals surface area contributed by atoms with E-state index in [0.29, 0.717) is 12.1 Å². The van der Waals surface area contributed by atoms with Gasteiger partial charge in [-0.2, -0.15) is 0 Å². The van der Waals surface area contributed by atoms with E-state index in [1.807, 2.05) is 6.07 Å². The first-order valence-electron chi connectivity index (χ1n) is 6.49. The average molecular weight is 251 g/mol. The van der Waals surface area contributed by atoms with Crippen LogP contribution in [0.2, 0.25) is 0 Å². The molecule has 3 rings (SSSR count). The standard InChI is InChI=1S/C14H18FNO2/c1-17-9-18-14-8-12(6-7-13(14)15)16-10-2-3-11(16)5-4-10/h6-8,10-11H,2-5,9H2,1H3. The Balaban J connectivity index is 1.84. The summed E-state index contributed by atoms with van der Waals surface area (Å²) in [4.78, 5) is 2.43. The Kier molecular flexibility index (Phi) is 3.12. The molecule has 1 aromatic rings. The quantitative estimate of drug-likeness (QED) is 0.768. The number of fused-ring (bicyclic) bond motifs is 2. The molecule has 0 saturated carbocycles. The fraction of sp³-hybridized carbons (Fsp3) is 0.571. The van der Waals surface area contributed by atoms with Gasteiger partial charge in [0, 0.05) is 30.9 Å². The minimum atomic E-state index is -0.331. The molecule has 0 atom stereocenters. The predicted molar refractivity (Wildman–Crippen MR) is 67.4 cm³/mol. The van der Waals surface area contributed by atoms with E-state index < -0.39 is 0 Å². The number of methoxy groups -OCH3 is 1. The number of hydrogen-bond donors (Lipinski definition) is 0. The Morgan fingerprint density at radius 2 is 1.89 bits per heavy atom. The first-order valence-corrected chi connectivity index (χ1v) is 6.49. The second kappa shape index (κ2) is 4.76. The maximum absolute atomic E-state index is 13.6. The fourth-order valence-corrected chi connectivity index (χ4v) is 3.22. The smallest absolute Gasteiger partial charge is 0.188 e.